The molecule has 0 aliphatic rings. The average Bonchev–Trinajstić information content (AvgIpc) is 2.86. The molecule has 0 saturated carbocycles. The lowest BCUT2D eigenvalue weighted by Crippen LogP contribution is -2.55. The van der Waals surface area contributed by atoms with Crippen LogP contribution < -0.4 is 20.1 Å². The van der Waals surface area contributed by atoms with Crippen molar-refractivity contribution >= 4 is 12.0 Å². The Morgan fingerprint density at radius 2 is 1.29 bits per heavy atom. The number of ether oxygens (including phenoxy) is 2. The molecule has 226 valence electrons. The maximum absolute atomic E-state index is 13.4. The van der Waals surface area contributed by atoms with E-state index in [9.17, 15) is 41.0 Å². The van der Waals surface area contributed by atoms with E-state index in [1.807, 2.05) is 0 Å². The summed E-state index contributed by atoms with van der Waals surface area (Å²) in [6.07, 6.45) is -10.2. The third kappa shape index (κ3) is 9.32. The number of alkyl halides is 6. The zero-order valence-electron chi connectivity index (χ0n) is 22.4. The maximum Gasteiger partial charge on any atom is 0.573 e. The Bertz CT molecular complexity index is 1300. The summed E-state index contributed by atoms with van der Waals surface area (Å²) >= 11 is 0. The summed E-state index contributed by atoms with van der Waals surface area (Å²) in [7, 11) is 0. The molecule has 0 radical (unpaired) electrons. The summed E-state index contributed by atoms with van der Waals surface area (Å²) in [5.74, 6) is -2.75. The number of urea groups is 1. The van der Waals surface area contributed by atoms with Gasteiger partial charge >= 0.3 is 24.7 Å². The molecule has 3 aromatic carbocycles. The number of benzene rings is 3. The Kier molecular flexibility index (Phi) is 9.97. The molecule has 42 heavy (non-hydrogen) atoms. The van der Waals surface area contributed by atoms with Gasteiger partial charge in [0.05, 0.1) is 5.54 Å². The normalized spacial score (nSPS) is 12.9. The average molecular weight is 599 g/mol. The highest BCUT2D eigenvalue weighted by atomic mass is 19.4. The molecule has 13 heteroatoms. The zero-order valence-corrected chi connectivity index (χ0v) is 22.4. The van der Waals surface area contributed by atoms with Crippen LogP contribution in [0.2, 0.25) is 0 Å². The van der Waals surface area contributed by atoms with E-state index in [0.717, 1.165) is 24.3 Å². The Hall–Kier alpha value is -4.42. The summed E-state index contributed by atoms with van der Waals surface area (Å²) < 4.78 is 86.8. The number of amides is 2. The van der Waals surface area contributed by atoms with Gasteiger partial charge in [-0.15, -0.1) is 26.3 Å². The third-order valence-electron chi connectivity index (χ3n) is 6.07. The molecule has 0 heterocycles. The molecular weight excluding hydrogens is 570 g/mol. The number of carboxylic acid groups (broad SMARTS) is 1. The number of carbonyl (C=O) groups is 2. The molecule has 0 unspecified atom stereocenters. The lowest BCUT2D eigenvalue weighted by molar-refractivity contribution is -0.275. The smallest absolute Gasteiger partial charge is 0.480 e. The minimum Gasteiger partial charge on any atom is -0.480 e. The molecule has 2 amide bonds. The SMILES string of the molecule is CC(C)C[C@@H](NC(=O)NC(Cc1ccccc1)(c1cccc(OC(F)(F)F)c1)c1cccc(OC(F)(F)F)c1)C(=O)O. The van der Waals surface area contributed by atoms with Crippen LogP contribution in [0.4, 0.5) is 31.1 Å². The summed E-state index contributed by atoms with van der Waals surface area (Å²) in [5.41, 5.74) is -1.30. The predicted molar refractivity (Wildman–Crippen MR) is 140 cm³/mol. The molecular formula is C29H28F6N2O5. The fraction of sp³-hybridized carbons (Fsp3) is 0.310. The van der Waals surface area contributed by atoms with Gasteiger partial charge in [0, 0.05) is 6.42 Å². The van der Waals surface area contributed by atoms with Crippen molar-refractivity contribution in [2.45, 2.75) is 51.0 Å². The van der Waals surface area contributed by atoms with Crippen LogP contribution in [0.3, 0.4) is 0 Å². The van der Waals surface area contributed by atoms with Crippen molar-refractivity contribution in [3.05, 3.63) is 95.6 Å². The van der Waals surface area contributed by atoms with Gasteiger partial charge in [-0.05, 0) is 53.3 Å². The largest absolute Gasteiger partial charge is 0.573 e. The number of hydrogen-bond donors (Lipinski definition) is 3. The van der Waals surface area contributed by atoms with E-state index in [0.29, 0.717) is 5.56 Å². The molecule has 0 aliphatic carbocycles. The topological polar surface area (TPSA) is 96.9 Å². The van der Waals surface area contributed by atoms with Gasteiger partial charge in [-0.2, -0.15) is 0 Å². The fourth-order valence-corrected chi connectivity index (χ4v) is 4.46. The predicted octanol–water partition coefficient (Wildman–Crippen LogP) is 6.77. The molecule has 1 atom stereocenters. The second-order valence-corrected chi connectivity index (χ2v) is 9.84. The Labute approximate surface area is 237 Å². The van der Waals surface area contributed by atoms with E-state index in [-0.39, 0.29) is 29.9 Å². The highest BCUT2D eigenvalue weighted by Crippen LogP contribution is 2.38. The molecule has 0 fully saturated rings. The first kappa shape index (κ1) is 32.1. The van der Waals surface area contributed by atoms with E-state index < -0.39 is 47.8 Å². The summed E-state index contributed by atoms with van der Waals surface area (Å²) in [5, 5.41) is 14.7. The molecule has 0 spiro atoms. The van der Waals surface area contributed by atoms with Crippen LogP contribution in [0.1, 0.15) is 37.0 Å². The summed E-state index contributed by atoms with van der Waals surface area (Å²) in [4.78, 5) is 25.2. The van der Waals surface area contributed by atoms with Gasteiger partial charge in [-0.25, -0.2) is 9.59 Å². The standard InChI is InChI=1S/C29H28F6N2O5/c1-18(2)14-24(25(38)39)36-26(40)37-27(17-19-8-4-3-5-9-19,20-10-6-12-22(15-20)41-28(30,31)32)21-11-7-13-23(16-21)42-29(33,34)35/h3-13,15-16,18,24H,14,17H2,1-2H3,(H,38,39)(H2,36,37,40)/t24-/m1/s1. The highest BCUT2D eigenvalue weighted by Gasteiger charge is 2.40. The maximum atomic E-state index is 13.4. The molecule has 3 rings (SSSR count). The van der Waals surface area contributed by atoms with E-state index in [1.54, 1.807) is 44.2 Å². The zero-order chi connectivity index (χ0) is 31.1. The van der Waals surface area contributed by atoms with Crippen molar-refractivity contribution in [2.75, 3.05) is 0 Å². The van der Waals surface area contributed by atoms with Crippen molar-refractivity contribution < 1.29 is 50.5 Å². The van der Waals surface area contributed by atoms with Crippen LogP contribution in [-0.4, -0.2) is 35.9 Å². The molecule has 0 bridgehead atoms. The Morgan fingerprint density at radius 3 is 1.71 bits per heavy atom. The van der Waals surface area contributed by atoms with E-state index in [4.69, 9.17) is 0 Å². The number of carbonyl (C=O) groups excluding carboxylic acids is 1. The lowest BCUT2D eigenvalue weighted by atomic mass is 9.77. The van der Waals surface area contributed by atoms with Crippen LogP contribution >= 0.6 is 0 Å². The van der Waals surface area contributed by atoms with Gasteiger partial charge in [0.15, 0.2) is 0 Å². The lowest BCUT2D eigenvalue weighted by Gasteiger charge is -2.37. The van der Waals surface area contributed by atoms with Crippen LogP contribution in [0, 0.1) is 5.92 Å². The quantitative estimate of drug-likeness (QED) is 0.212. The van der Waals surface area contributed by atoms with Crippen LogP contribution in [0.25, 0.3) is 0 Å². The van der Waals surface area contributed by atoms with Crippen LogP contribution in [-0.2, 0) is 16.8 Å². The number of hydrogen-bond acceptors (Lipinski definition) is 4. The molecule has 0 saturated heterocycles. The molecule has 3 N–H and O–H groups in total. The third-order valence-corrected chi connectivity index (χ3v) is 6.07. The van der Waals surface area contributed by atoms with Crippen molar-refractivity contribution in [1.29, 1.82) is 0 Å². The van der Waals surface area contributed by atoms with E-state index in [2.05, 4.69) is 20.1 Å². The van der Waals surface area contributed by atoms with Crippen molar-refractivity contribution in [2.24, 2.45) is 5.92 Å². The van der Waals surface area contributed by atoms with Gasteiger partial charge in [-0.3, -0.25) is 0 Å². The second-order valence-electron chi connectivity index (χ2n) is 9.84. The van der Waals surface area contributed by atoms with E-state index in [1.165, 1.54) is 24.3 Å². The number of nitrogens with one attached hydrogen (secondary N) is 2. The summed E-state index contributed by atoms with van der Waals surface area (Å²) in [6.45, 7) is 3.49. The van der Waals surface area contributed by atoms with Crippen LogP contribution in [0.15, 0.2) is 78.9 Å². The second kappa shape index (κ2) is 13.0. The first-order valence-electron chi connectivity index (χ1n) is 12.6. The molecule has 0 aliphatic heterocycles. The monoisotopic (exact) mass is 598 g/mol. The van der Waals surface area contributed by atoms with Gasteiger partial charge in [0.25, 0.3) is 0 Å². The minimum atomic E-state index is -5.06. The minimum absolute atomic E-state index is 0.00291. The van der Waals surface area contributed by atoms with Gasteiger partial charge in [0.2, 0.25) is 0 Å². The number of rotatable bonds is 11. The highest BCUT2D eigenvalue weighted by molar-refractivity contribution is 5.83. The van der Waals surface area contributed by atoms with Gasteiger partial charge < -0.3 is 25.2 Å². The fourth-order valence-electron chi connectivity index (χ4n) is 4.46. The summed E-state index contributed by atoms with van der Waals surface area (Å²) in [6, 6.07) is 15.2. The molecule has 3 aromatic rings. The number of halogens is 6. The number of carboxylic acids is 1. The first-order valence-corrected chi connectivity index (χ1v) is 12.6. The first-order chi connectivity index (χ1) is 19.6. The Morgan fingerprint density at radius 1 is 0.786 bits per heavy atom. The van der Waals surface area contributed by atoms with E-state index >= 15 is 0 Å². The van der Waals surface area contributed by atoms with Gasteiger partial charge in [-0.1, -0.05) is 68.4 Å². The molecule has 0 aromatic heterocycles. The van der Waals surface area contributed by atoms with Crippen LogP contribution in [0.5, 0.6) is 11.5 Å². The van der Waals surface area contributed by atoms with Crippen molar-refractivity contribution in [3.8, 4) is 11.5 Å². The van der Waals surface area contributed by atoms with Gasteiger partial charge in [0.1, 0.15) is 17.5 Å². The van der Waals surface area contributed by atoms with Crippen molar-refractivity contribution in [3.63, 3.8) is 0 Å². The van der Waals surface area contributed by atoms with Crippen molar-refractivity contribution in [1.82, 2.24) is 10.6 Å². The Balaban J connectivity index is 2.23. The number of aliphatic carboxylic acids is 1. The molecule has 7 nitrogen and oxygen atoms in total.